The van der Waals surface area contributed by atoms with E-state index in [4.69, 9.17) is 0 Å². The van der Waals surface area contributed by atoms with Gasteiger partial charge in [-0.2, -0.15) is 52.7 Å². The summed E-state index contributed by atoms with van der Waals surface area (Å²) in [5.41, 5.74) is -7.39. The number of aromatic nitrogens is 5. The number of alkyl halides is 12. The van der Waals surface area contributed by atoms with Crippen LogP contribution in [0.2, 0.25) is 0 Å². The fourth-order valence-corrected chi connectivity index (χ4v) is 4.56. The summed E-state index contributed by atoms with van der Waals surface area (Å²) < 4.78 is 155. The molecule has 48 heavy (non-hydrogen) atoms. The molecule has 5 heterocycles. The number of fused-ring (bicyclic) bond motifs is 2. The van der Waals surface area contributed by atoms with E-state index in [1.807, 2.05) is 0 Å². The molecular weight excluding hydrogens is 670 g/mol. The van der Waals surface area contributed by atoms with Crippen molar-refractivity contribution in [3.63, 3.8) is 0 Å². The highest BCUT2D eigenvalue weighted by atomic mass is 19.4. The molecule has 0 bridgehead atoms. The molecule has 5 nitrogen and oxygen atoms in total. The lowest BCUT2D eigenvalue weighted by Gasteiger charge is -2.15. The van der Waals surface area contributed by atoms with Crippen molar-refractivity contribution < 1.29 is 52.7 Å². The van der Waals surface area contributed by atoms with Gasteiger partial charge in [0.1, 0.15) is 17.1 Å². The molecule has 0 aliphatic rings. The summed E-state index contributed by atoms with van der Waals surface area (Å²) in [5, 5.41) is 1.95. The Morgan fingerprint density at radius 1 is 0.458 bits per heavy atom. The second-order valence-corrected chi connectivity index (χ2v) is 9.85. The van der Waals surface area contributed by atoms with Gasteiger partial charge in [0.25, 0.3) is 0 Å². The van der Waals surface area contributed by atoms with Crippen molar-refractivity contribution in [2.24, 2.45) is 0 Å². The molecule has 6 aromatic rings. The first-order chi connectivity index (χ1) is 22.3. The first kappa shape index (κ1) is 34.0. The predicted molar refractivity (Wildman–Crippen MR) is 148 cm³/mol. The van der Waals surface area contributed by atoms with Crippen LogP contribution in [0.5, 0.6) is 0 Å². The standard InChI is InChI=1S/C16H8F6N2.C15H7F6N3/c17-15(18,19)12-6-5-11(14(24-12)16(20,21)22)13-10-4-2-1-3-9(10)7-8-23-13;16-14(17,18)11-5-9(6-12(24-11)15(19,20)21)13-10-7-22-3-1-8(10)2-4-23-13/h1-8H;1-7H. The van der Waals surface area contributed by atoms with Gasteiger partial charge in [0.2, 0.25) is 0 Å². The third-order valence-electron chi connectivity index (χ3n) is 6.63. The van der Waals surface area contributed by atoms with Crippen LogP contribution in [0, 0.1) is 0 Å². The Hall–Kier alpha value is -5.35. The Morgan fingerprint density at radius 3 is 1.58 bits per heavy atom. The summed E-state index contributed by atoms with van der Waals surface area (Å²) >= 11 is 0. The van der Waals surface area contributed by atoms with E-state index in [0.717, 1.165) is 6.07 Å². The molecule has 0 saturated heterocycles. The summed E-state index contributed by atoms with van der Waals surface area (Å²) in [6, 6.07) is 13.7. The summed E-state index contributed by atoms with van der Waals surface area (Å²) in [7, 11) is 0. The molecule has 6 rings (SSSR count). The van der Waals surface area contributed by atoms with Crippen LogP contribution < -0.4 is 0 Å². The average molecular weight is 685 g/mol. The van der Waals surface area contributed by atoms with Gasteiger partial charge in [-0.15, -0.1) is 0 Å². The Kier molecular flexibility index (Phi) is 8.75. The monoisotopic (exact) mass is 685 g/mol. The zero-order chi connectivity index (χ0) is 35.1. The summed E-state index contributed by atoms with van der Waals surface area (Å²) in [6.45, 7) is 0. The number of pyridine rings is 5. The second-order valence-electron chi connectivity index (χ2n) is 9.85. The number of benzene rings is 1. The third kappa shape index (κ3) is 7.29. The van der Waals surface area contributed by atoms with Crippen molar-refractivity contribution in [3.8, 4) is 22.5 Å². The first-order valence-corrected chi connectivity index (χ1v) is 13.2. The molecule has 0 spiro atoms. The molecule has 0 atom stereocenters. The zero-order valence-corrected chi connectivity index (χ0v) is 23.4. The van der Waals surface area contributed by atoms with E-state index in [1.54, 1.807) is 42.5 Å². The molecule has 0 N–H and O–H groups in total. The molecule has 0 unspecified atom stereocenters. The van der Waals surface area contributed by atoms with Crippen molar-refractivity contribution in [2.45, 2.75) is 24.7 Å². The van der Waals surface area contributed by atoms with E-state index in [9.17, 15) is 52.7 Å². The molecule has 0 saturated carbocycles. The maximum absolute atomic E-state index is 13.2. The molecule has 0 radical (unpaired) electrons. The number of hydrogen-bond acceptors (Lipinski definition) is 5. The van der Waals surface area contributed by atoms with Gasteiger partial charge in [0.15, 0.2) is 5.69 Å². The fourth-order valence-electron chi connectivity index (χ4n) is 4.56. The molecular formula is C31H15F12N5. The molecule has 1 aromatic carbocycles. The predicted octanol–water partition coefficient (Wildman–Crippen LogP) is 10.1. The van der Waals surface area contributed by atoms with Gasteiger partial charge in [-0.05, 0) is 53.2 Å². The number of hydrogen-bond donors (Lipinski definition) is 0. The van der Waals surface area contributed by atoms with Gasteiger partial charge >= 0.3 is 24.7 Å². The summed E-state index contributed by atoms with van der Waals surface area (Å²) in [5.74, 6) is 0. The van der Waals surface area contributed by atoms with E-state index in [2.05, 4.69) is 24.9 Å². The van der Waals surface area contributed by atoms with Crippen molar-refractivity contribution in [1.82, 2.24) is 24.9 Å². The molecule has 248 valence electrons. The lowest BCUT2D eigenvalue weighted by Crippen LogP contribution is -2.16. The number of rotatable bonds is 2. The van der Waals surface area contributed by atoms with Gasteiger partial charge in [-0.25, -0.2) is 9.97 Å². The highest BCUT2D eigenvalue weighted by Crippen LogP contribution is 2.40. The Balaban J connectivity index is 0.000000188. The topological polar surface area (TPSA) is 64.5 Å². The molecule has 0 fully saturated rings. The largest absolute Gasteiger partial charge is 0.434 e. The second kappa shape index (κ2) is 12.4. The van der Waals surface area contributed by atoms with E-state index in [0.29, 0.717) is 39.7 Å². The summed E-state index contributed by atoms with van der Waals surface area (Å²) in [6.07, 6.45) is -14.6. The first-order valence-electron chi connectivity index (χ1n) is 13.2. The van der Waals surface area contributed by atoms with Crippen LogP contribution >= 0.6 is 0 Å². The number of nitrogens with zero attached hydrogens (tertiary/aromatic N) is 5. The maximum Gasteiger partial charge on any atom is 0.434 e. The molecule has 0 amide bonds. The van der Waals surface area contributed by atoms with Crippen LogP contribution in [-0.4, -0.2) is 24.9 Å². The minimum Gasteiger partial charge on any atom is -0.264 e. The summed E-state index contributed by atoms with van der Waals surface area (Å²) in [4.78, 5) is 17.2. The third-order valence-corrected chi connectivity index (χ3v) is 6.63. The minimum absolute atomic E-state index is 0.0287. The highest BCUT2D eigenvalue weighted by molar-refractivity contribution is 5.95. The Morgan fingerprint density at radius 2 is 1.00 bits per heavy atom. The molecule has 0 aliphatic carbocycles. The Labute approximate surface area is 261 Å². The van der Waals surface area contributed by atoms with Crippen LogP contribution in [-0.2, 0) is 24.7 Å². The fraction of sp³-hybridized carbons (Fsp3) is 0.129. The van der Waals surface area contributed by atoms with Crippen LogP contribution in [0.15, 0.2) is 91.5 Å². The van der Waals surface area contributed by atoms with E-state index >= 15 is 0 Å². The van der Waals surface area contributed by atoms with Crippen LogP contribution in [0.3, 0.4) is 0 Å². The van der Waals surface area contributed by atoms with Crippen LogP contribution in [0.4, 0.5) is 52.7 Å². The molecule has 5 aromatic heterocycles. The maximum atomic E-state index is 13.2. The van der Waals surface area contributed by atoms with Crippen molar-refractivity contribution in [2.75, 3.05) is 0 Å². The van der Waals surface area contributed by atoms with Gasteiger partial charge in [0, 0.05) is 46.7 Å². The van der Waals surface area contributed by atoms with Gasteiger partial charge in [-0.1, -0.05) is 24.3 Å². The van der Waals surface area contributed by atoms with E-state index in [1.165, 1.54) is 24.8 Å². The number of halogens is 12. The lowest BCUT2D eigenvalue weighted by molar-refractivity contribution is -0.151. The van der Waals surface area contributed by atoms with Crippen LogP contribution in [0.25, 0.3) is 44.1 Å². The van der Waals surface area contributed by atoms with Crippen molar-refractivity contribution in [3.05, 3.63) is 114 Å². The van der Waals surface area contributed by atoms with E-state index in [-0.39, 0.29) is 17.0 Å². The normalized spacial score (nSPS) is 12.6. The van der Waals surface area contributed by atoms with Crippen LogP contribution in [0.1, 0.15) is 22.8 Å². The van der Waals surface area contributed by atoms with Gasteiger partial charge in [0.05, 0.1) is 11.4 Å². The average Bonchev–Trinajstić information content (AvgIpc) is 3.02. The van der Waals surface area contributed by atoms with Gasteiger partial charge in [-0.3, -0.25) is 15.0 Å². The molecule has 17 heteroatoms. The van der Waals surface area contributed by atoms with Crippen molar-refractivity contribution in [1.29, 1.82) is 0 Å². The minimum atomic E-state index is -5.05. The van der Waals surface area contributed by atoms with E-state index < -0.39 is 53.0 Å². The smallest absolute Gasteiger partial charge is 0.264 e. The van der Waals surface area contributed by atoms with Gasteiger partial charge < -0.3 is 0 Å². The lowest BCUT2D eigenvalue weighted by atomic mass is 10.0. The zero-order valence-electron chi connectivity index (χ0n) is 23.4. The van der Waals surface area contributed by atoms with Crippen molar-refractivity contribution >= 4 is 21.5 Å². The highest BCUT2D eigenvalue weighted by Gasteiger charge is 2.41. The quantitative estimate of drug-likeness (QED) is 0.170. The molecule has 0 aliphatic heterocycles. The Bertz CT molecular complexity index is 2060. The SMILES string of the molecule is FC(F)(F)c1cc(-c2nccc3ccncc23)cc(C(F)(F)F)n1.FC(F)(F)c1ccc(-c2nccc3ccccc23)c(C(F)(F)F)n1.